The number of carbonyl (C=O) groups is 1. The van der Waals surface area contributed by atoms with Crippen molar-refractivity contribution in [1.82, 2.24) is 4.90 Å². The van der Waals surface area contributed by atoms with Crippen LogP contribution in [0.5, 0.6) is 0 Å². The van der Waals surface area contributed by atoms with E-state index in [-0.39, 0.29) is 23.2 Å². The largest absolute Gasteiger partial charge is 0.390 e. The summed E-state index contributed by atoms with van der Waals surface area (Å²) >= 11 is 0. The second kappa shape index (κ2) is 7.60. The van der Waals surface area contributed by atoms with Crippen molar-refractivity contribution in [3.63, 3.8) is 0 Å². The fourth-order valence-corrected chi connectivity index (χ4v) is 2.58. The number of carbonyl (C=O) groups excluding carboxylic acids is 1. The topological polar surface area (TPSA) is 41.9 Å². The summed E-state index contributed by atoms with van der Waals surface area (Å²) in [5.41, 5.74) is 1.56. The van der Waals surface area contributed by atoms with Gasteiger partial charge in [-0.2, -0.15) is 0 Å². The molecular formula is C19H25FN2O2. The molecule has 1 atom stereocenters. The monoisotopic (exact) mass is 332 g/mol. The SMILES string of the molecule is C=CCN(C[C@@H]1CC(c2ccc(F)cc2)=NO1)C(=O)CC(C)(C)C. The van der Waals surface area contributed by atoms with Crippen molar-refractivity contribution in [3.8, 4) is 0 Å². The van der Waals surface area contributed by atoms with Crippen LogP contribution < -0.4 is 0 Å². The van der Waals surface area contributed by atoms with Gasteiger partial charge in [0.1, 0.15) is 5.82 Å². The molecule has 0 saturated heterocycles. The van der Waals surface area contributed by atoms with Crippen LogP contribution in [0.3, 0.4) is 0 Å². The zero-order valence-corrected chi connectivity index (χ0v) is 14.6. The van der Waals surface area contributed by atoms with E-state index in [0.717, 1.165) is 11.3 Å². The molecule has 0 bridgehead atoms. The van der Waals surface area contributed by atoms with Crippen LogP contribution in [-0.4, -0.2) is 35.7 Å². The van der Waals surface area contributed by atoms with E-state index in [1.54, 1.807) is 23.1 Å². The number of rotatable bonds is 6. The lowest BCUT2D eigenvalue weighted by Crippen LogP contribution is -2.39. The summed E-state index contributed by atoms with van der Waals surface area (Å²) in [7, 11) is 0. The third-order valence-electron chi connectivity index (χ3n) is 3.72. The highest BCUT2D eigenvalue weighted by Gasteiger charge is 2.28. The van der Waals surface area contributed by atoms with Gasteiger partial charge in [-0.3, -0.25) is 4.79 Å². The number of nitrogens with zero attached hydrogens (tertiary/aromatic N) is 2. The average molecular weight is 332 g/mol. The smallest absolute Gasteiger partial charge is 0.223 e. The van der Waals surface area contributed by atoms with Gasteiger partial charge in [0.2, 0.25) is 5.91 Å². The van der Waals surface area contributed by atoms with Gasteiger partial charge >= 0.3 is 0 Å². The molecule has 0 unspecified atom stereocenters. The maximum Gasteiger partial charge on any atom is 0.223 e. The Morgan fingerprint density at radius 2 is 2.08 bits per heavy atom. The summed E-state index contributed by atoms with van der Waals surface area (Å²) in [4.78, 5) is 19.7. The van der Waals surface area contributed by atoms with E-state index in [1.165, 1.54) is 12.1 Å². The molecular weight excluding hydrogens is 307 g/mol. The van der Waals surface area contributed by atoms with Crippen LogP contribution in [0.15, 0.2) is 42.1 Å². The number of oxime groups is 1. The zero-order valence-electron chi connectivity index (χ0n) is 14.6. The summed E-state index contributed by atoms with van der Waals surface area (Å²) in [6.07, 6.45) is 2.60. The molecule has 2 rings (SSSR count). The second-order valence-corrected chi connectivity index (χ2v) is 7.30. The van der Waals surface area contributed by atoms with Crippen LogP contribution in [0.25, 0.3) is 0 Å². The Balaban J connectivity index is 1.96. The minimum Gasteiger partial charge on any atom is -0.390 e. The van der Waals surface area contributed by atoms with E-state index in [1.807, 2.05) is 20.8 Å². The maximum atomic E-state index is 13.0. The van der Waals surface area contributed by atoms with Gasteiger partial charge in [0.25, 0.3) is 0 Å². The molecule has 1 aliphatic heterocycles. The summed E-state index contributed by atoms with van der Waals surface area (Å²) in [5, 5.41) is 4.09. The van der Waals surface area contributed by atoms with Gasteiger partial charge < -0.3 is 9.74 Å². The van der Waals surface area contributed by atoms with Crippen LogP contribution in [0, 0.1) is 11.2 Å². The van der Waals surface area contributed by atoms with Crippen molar-refractivity contribution in [1.29, 1.82) is 0 Å². The molecule has 1 amide bonds. The summed E-state index contributed by atoms with van der Waals surface area (Å²) in [6, 6.07) is 6.18. The highest BCUT2D eigenvalue weighted by Crippen LogP contribution is 2.22. The number of benzene rings is 1. The molecule has 0 radical (unpaired) electrons. The highest BCUT2D eigenvalue weighted by molar-refractivity contribution is 6.01. The maximum absolute atomic E-state index is 13.0. The second-order valence-electron chi connectivity index (χ2n) is 7.30. The molecule has 0 spiro atoms. The van der Waals surface area contributed by atoms with Gasteiger partial charge in [0, 0.05) is 19.4 Å². The van der Waals surface area contributed by atoms with Gasteiger partial charge in [-0.05, 0) is 23.1 Å². The molecule has 4 nitrogen and oxygen atoms in total. The first-order valence-electron chi connectivity index (χ1n) is 8.16. The van der Waals surface area contributed by atoms with E-state index in [4.69, 9.17) is 4.84 Å². The Bertz CT molecular complexity index is 617. The van der Waals surface area contributed by atoms with Gasteiger partial charge in [-0.15, -0.1) is 6.58 Å². The molecule has 24 heavy (non-hydrogen) atoms. The Morgan fingerprint density at radius 3 is 2.67 bits per heavy atom. The summed E-state index contributed by atoms with van der Waals surface area (Å²) < 4.78 is 13.0. The first-order valence-corrected chi connectivity index (χ1v) is 8.16. The first kappa shape index (κ1) is 18.2. The quantitative estimate of drug-likeness (QED) is 0.744. The van der Waals surface area contributed by atoms with E-state index in [0.29, 0.717) is 25.9 Å². The zero-order chi connectivity index (χ0) is 17.7. The normalized spacial score (nSPS) is 17.2. The van der Waals surface area contributed by atoms with Crippen LogP contribution in [0.4, 0.5) is 4.39 Å². The van der Waals surface area contributed by atoms with Gasteiger partial charge in [-0.1, -0.05) is 44.1 Å². The van der Waals surface area contributed by atoms with Crippen molar-refractivity contribution in [2.45, 2.75) is 39.7 Å². The Hall–Kier alpha value is -2.17. The van der Waals surface area contributed by atoms with Crippen molar-refractivity contribution in [3.05, 3.63) is 48.3 Å². The van der Waals surface area contributed by atoms with Gasteiger partial charge in [0.15, 0.2) is 6.10 Å². The molecule has 1 aliphatic rings. The molecule has 1 aromatic carbocycles. The fraction of sp³-hybridized carbons (Fsp3) is 0.474. The summed E-state index contributed by atoms with van der Waals surface area (Å²) in [6.45, 7) is 10.8. The van der Waals surface area contributed by atoms with Crippen molar-refractivity contribution in [2.24, 2.45) is 10.6 Å². The van der Waals surface area contributed by atoms with E-state index in [2.05, 4.69) is 11.7 Å². The standard InChI is InChI=1S/C19H25FN2O2/c1-5-10-22(18(23)12-19(2,3)4)13-16-11-17(21-24-16)14-6-8-15(20)9-7-14/h5-9,16H,1,10-13H2,2-4H3/t16-/m0/s1. The molecule has 0 fully saturated rings. The molecule has 0 aromatic heterocycles. The average Bonchev–Trinajstić information content (AvgIpc) is 2.94. The van der Waals surface area contributed by atoms with Crippen LogP contribution in [-0.2, 0) is 9.63 Å². The summed E-state index contributed by atoms with van der Waals surface area (Å²) in [5.74, 6) is -0.194. The first-order chi connectivity index (χ1) is 11.3. The molecule has 5 heteroatoms. The predicted molar refractivity (Wildman–Crippen MR) is 93.3 cm³/mol. The number of hydrogen-bond donors (Lipinski definition) is 0. The lowest BCUT2D eigenvalue weighted by atomic mass is 9.91. The molecule has 0 saturated carbocycles. The number of halogens is 1. The molecule has 0 N–H and O–H groups in total. The van der Waals surface area contributed by atoms with Crippen molar-refractivity contribution >= 4 is 11.6 Å². The third kappa shape index (κ3) is 5.18. The Kier molecular flexibility index (Phi) is 5.75. The molecule has 0 aliphatic carbocycles. The molecule has 1 heterocycles. The third-order valence-corrected chi connectivity index (χ3v) is 3.72. The van der Waals surface area contributed by atoms with E-state index >= 15 is 0 Å². The molecule has 1 aromatic rings. The van der Waals surface area contributed by atoms with Crippen LogP contribution in [0.1, 0.15) is 39.2 Å². The van der Waals surface area contributed by atoms with Crippen molar-refractivity contribution in [2.75, 3.05) is 13.1 Å². The van der Waals surface area contributed by atoms with Gasteiger partial charge in [-0.25, -0.2) is 4.39 Å². The van der Waals surface area contributed by atoms with Gasteiger partial charge in [0.05, 0.1) is 12.3 Å². The number of hydrogen-bond acceptors (Lipinski definition) is 3. The Labute approximate surface area is 143 Å². The lowest BCUT2D eigenvalue weighted by Gasteiger charge is -2.27. The minimum atomic E-state index is -0.278. The fourth-order valence-electron chi connectivity index (χ4n) is 2.58. The Morgan fingerprint density at radius 1 is 1.42 bits per heavy atom. The van der Waals surface area contributed by atoms with Crippen LogP contribution >= 0.6 is 0 Å². The minimum absolute atomic E-state index is 0.0667. The highest BCUT2D eigenvalue weighted by atomic mass is 19.1. The predicted octanol–water partition coefficient (Wildman–Crippen LogP) is 3.77. The number of amides is 1. The van der Waals surface area contributed by atoms with Crippen LogP contribution in [0.2, 0.25) is 0 Å². The van der Waals surface area contributed by atoms with E-state index in [9.17, 15) is 9.18 Å². The van der Waals surface area contributed by atoms with E-state index < -0.39 is 0 Å². The lowest BCUT2D eigenvalue weighted by molar-refractivity contribution is -0.134. The molecule has 130 valence electrons. The van der Waals surface area contributed by atoms with Crippen molar-refractivity contribution < 1.29 is 14.0 Å².